The van der Waals surface area contributed by atoms with Gasteiger partial charge in [-0.1, -0.05) is 0 Å². The van der Waals surface area contributed by atoms with E-state index in [9.17, 15) is 4.79 Å². The molecule has 1 rings (SSSR count). The van der Waals surface area contributed by atoms with E-state index in [0.29, 0.717) is 26.1 Å². The topological polar surface area (TPSA) is 80.3 Å². The average molecular weight is 197 g/mol. The molecular formula is C9H15N3O2. The maximum absolute atomic E-state index is 11.0. The van der Waals surface area contributed by atoms with Gasteiger partial charge in [-0.3, -0.25) is 0 Å². The molecule has 4 N–H and O–H groups in total. The van der Waals surface area contributed by atoms with Crippen molar-refractivity contribution < 1.29 is 9.21 Å². The lowest BCUT2D eigenvalue weighted by molar-refractivity contribution is 0.241. The second kappa shape index (κ2) is 6.04. The first-order valence-electron chi connectivity index (χ1n) is 4.57. The first-order chi connectivity index (χ1) is 6.83. The van der Waals surface area contributed by atoms with Crippen LogP contribution in [-0.4, -0.2) is 25.7 Å². The van der Waals surface area contributed by atoms with Gasteiger partial charge in [-0.25, -0.2) is 4.79 Å². The minimum absolute atomic E-state index is 0.193. The number of carbonyl (C=O) groups excluding carboxylic acids is 1. The maximum Gasteiger partial charge on any atom is 0.314 e. The van der Waals surface area contributed by atoms with Gasteiger partial charge in [-0.2, -0.15) is 0 Å². The zero-order valence-electron chi connectivity index (χ0n) is 7.95. The van der Waals surface area contributed by atoms with Crippen molar-refractivity contribution >= 4 is 6.03 Å². The molecule has 0 unspecified atom stereocenters. The Morgan fingerprint density at radius 1 is 1.43 bits per heavy atom. The Morgan fingerprint density at radius 3 is 2.86 bits per heavy atom. The van der Waals surface area contributed by atoms with Crippen LogP contribution in [-0.2, 0) is 6.42 Å². The molecule has 0 radical (unpaired) electrons. The third-order valence-corrected chi connectivity index (χ3v) is 1.67. The molecule has 0 saturated carbocycles. The Morgan fingerprint density at radius 2 is 2.21 bits per heavy atom. The zero-order chi connectivity index (χ0) is 10.2. The summed E-state index contributed by atoms with van der Waals surface area (Å²) < 4.78 is 5.10. The first kappa shape index (κ1) is 10.6. The lowest BCUT2D eigenvalue weighted by Gasteiger charge is -2.04. The highest BCUT2D eigenvalue weighted by Crippen LogP contribution is 1.99. The van der Waals surface area contributed by atoms with Gasteiger partial charge < -0.3 is 20.8 Å². The van der Waals surface area contributed by atoms with Crippen LogP contribution in [0.25, 0.3) is 0 Å². The number of furan rings is 1. The number of carbonyl (C=O) groups is 1. The zero-order valence-corrected chi connectivity index (χ0v) is 7.95. The molecule has 1 aromatic rings. The minimum atomic E-state index is -0.193. The van der Waals surface area contributed by atoms with Crippen LogP contribution in [0.5, 0.6) is 0 Å². The second-order valence-corrected chi connectivity index (χ2v) is 2.80. The quantitative estimate of drug-likeness (QED) is 0.625. The summed E-state index contributed by atoms with van der Waals surface area (Å²) in [6, 6.07) is 3.51. The molecule has 5 nitrogen and oxygen atoms in total. The van der Waals surface area contributed by atoms with Gasteiger partial charge >= 0.3 is 6.03 Å². The van der Waals surface area contributed by atoms with E-state index < -0.39 is 0 Å². The number of nitrogens with two attached hydrogens (primary N) is 1. The van der Waals surface area contributed by atoms with Crippen molar-refractivity contribution in [1.82, 2.24) is 10.6 Å². The van der Waals surface area contributed by atoms with Crippen LogP contribution >= 0.6 is 0 Å². The van der Waals surface area contributed by atoms with E-state index in [-0.39, 0.29) is 6.03 Å². The first-order valence-corrected chi connectivity index (χ1v) is 4.57. The third-order valence-electron chi connectivity index (χ3n) is 1.67. The van der Waals surface area contributed by atoms with E-state index in [0.717, 1.165) is 5.76 Å². The van der Waals surface area contributed by atoms with Crippen LogP contribution in [0.3, 0.4) is 0 Å². The van der Waals surface area contributed by atoms with E-state index in [2.05, 4.69) is 10.6 Å². The molecule has 0 aromatic carbocycles. The SMILES string of the molecule is NCCNC(=O)NCCc1ccco1. The summed E-state index contributed by atoms with van der Waals surface area (Å²) in [6.07, 6.45) is 2.31. The molecule has 0 aliphatic carbocycles. The number of amides is 2. The van der Waals surface area contributed by atoms with Gasteiger partial charge in [0.1, 0.15) is 5.76 Å². The van der Waals surface area contributed by atoms with Gasteiger partial charge in [-0.05, 0) is 12.1 Å². The fourth-order valence-corrected chi connectivity index (χ4v) is 1.00. The van der Waals surface area contributed by atoms with Crippen molar-refractivity contribution in [3.05, 3.63) is 24.2 Å². The molecule has 0 bridgehead atoms. The Kier molecular flexibility index (Phi) is 4.57. The highest BCUT2D eigenvalue weighted by molar-refractivity contribution is 5.73. The van der Waals surface area contributed by atoms with Crippen molar-refractivity contribution in [3.8, 4) is 0 Å². The standard InChI is InChI=1S/C9H15N3O2/c10-4-6-12-9(13)11-5-3-8-2-1-7-14-8/h1-2,7H,3-6,10H2,(H2,11,12,13). The van der Waals surface area contributed by atoms with Gasteiger partial charge in [0.2, 0.25) is 0 Å². The van der Waals surface area contributed by atoms with Crippen LogP contribution in [0.15, 0.2) is 22.8 Å². The third kappa shape index (κ3) is 3.95. The summed E-state index contributed by atoms with van der Waals surface area (Å²) in [7, 11) is 0. The Hall–Kier alpha value is -1.49. The summed E-state index contributed by atoms with van der Waals surface area (Å²) in [4.78, 5) is 11.0. The van der Waals surface area contributed by atoms with E-state index in [1.165, 1.54) is 0 Å². The molecule has 0 fully saturated rings. The normalized spacial score (nSPS) is 9.79. The van der Waals surface area contributed by atoms with Gasteiger partial charge in [0, 0.05) is 26.1 Å². The van der Waals surface area contributed by atoms with E-state index in [1.807, 2.05) is 12.1 Å². The largest absolute Gasteiger partial charge is 0.469 e. The van der Waals surface area contributed by atoms with Crippen LogP contribution in [0, 0.1) is 0 Å². The molecule has 5 heteroatoms. The summed E-state index contributed by atoms with van der Waals surface area (Å²) in [6.45, 7) is 1.50. The summed E-state index contributed by atoms with van der Waals surface area (Å²) in [5.41, 5.74) is 5.23. The van der Waals surface area contributed by atoms with Gasteiger partial charge in [0.25, 0.3) is 0 Å². The van der Waals surface area contributed by atoms with Gasteiger partial charge in [0.05, 0.1) is 6.26 Å². The van der Waals surface area contributed by atoms with Crippen LogP contribution < -0.4 is 16.4 Å². The summed E-state index contributed by atoms with van der Waals surface area (Å²) >= 11 is 0. The minimum Gasteiger partial charge on any atom is -0.469 e. The maximum atomic E-state index is 11.0. The molecule has 1 heterocycles. The molecule has 0 aliphatic rings. The van der Waals surface area contributed by atoms with E-state index in [1.54, 1.807) is 6.26 Å². The fourth-order valence-electron chi connectivity index (χ4n) is 1.00. The van der Waals surface area contributed by atoms with Crippen molar-refractivity contribution in [3.63, 3.8) is 0 Å². The average Bonchev–Trinajstić information content (AvgIpc) is 2.67. The van der Waals surface area contributed by atoms with Crippen LogP contribution in [0.2, 0.25) is 0 Å². The Balaban J connectivity index is 2.06. The molecule has 78 valence electrons. The Bertz CT molecular complexity index is 259. The van der Waals surface area contributed by atoms with Crippen LogP contribution in [0.1, 0.15) is 5.76 Å². The van der Waals surface area contributed by atoms with Crippen LogP contribution in [0.4, 0.5) is 4.79 Å². The second-order valence-electron chi connectivity index (χ2n) is 2.80. The lowest BCUT2D eigenvalue weighted by Crippen LogP contribution is -2.38. The van der Waals surface area contributed by atoms with Gasteiger partial charge in [-0.15, -0.1) is 0 Å². The molecule has 0 spiro atoms. The number of hydrogen-bond donors (Lipinski definition) is 3. The number of nitrogens with one attached hydrogen (secondary N) is 2. The molecule has 1 aromatic heterocycles. The summed E-state index contributed by atoms with van der Waals surface area (Å²) in [5.74, 6) is 0.865. The summed E-state index contributed by atoms with van der Waals surface area (Å²) in [5, 5.41) is 5.30. The van der Waals surface area contributed by atoms with Crippen molar-refractivity contribution in [2.45, 2.75) is 6.42 Å². The predicted octanol–water partition coefficient (Wildman–Crippen LogP) is 0.0800. The molecule has 2 amide bonds. The van der Waals surface area contributed by atoms with Crippen molar-refractivity contribution in [2.75, 3.05) is 19.6 Å². The molecule has 14 heavy (non-hydrogen) atoms. The molecule has 0 aliphatic heterocycles. The molecule has 0 atom stereocenters. The van der Waals surface area contributed by atoms with Gasteiger partial charge in [0.15, 0.2) is 0 Å². The lowest BCUT2D eigenvalue weighted by atomic mass is 10.3. The highest BCUT2D eigenvalue weighted by atomic mass is 16.3. The highest BCUT2D eigenvalue weighted by Gasteiger charge is 1.99. The Labute approximate surface area is 82.7 Å². The molecular weight excluding hydrogens is 182 g/mol. The monoisotopic (exact) mass is 197 g/mol. The number of urea groups is 1. The predicted molar refractivity (Wildman–Crippen MR) is 52.9 cm³/mol. The number of hydrogen-bond acceptors (Lipinski definition) is 3. The van der Waals surface area contributed by atoms with Crippen molar-refractivity contribution in [2.24, 2.45) is 5.73 Å². The van der Waals surface area contributed by atoms with Crippen molar-refractivity contribution in [1.29, 1.82) is 0 Å². The molecule has 0 saturated heterocycles. The van der Waals surface area contributed by atoms with E-state index >= 15 is 0 Å². The van der Waals surface area contributed by atoms with E-state index in [4.69, 9.17) is 10.2 Å². The fraction of sp³-hybridized carbons (Fsp3) is 0.444. The number of rotatable bonds is 5. The smallest absolute Gasteiger partial charge is 0.314 e.